The molecule has 0 aliphatic carbocycles. The Morgan fingerprint density at radius 3 is 2.44 bits per heavy atom. The lowest BCUT2D eigenvalue weighted by molar-refractivity contribution is -0.112. The van der Waals surface area contributed by atoms with E-state index in [1.807, 2.05) is 31.2 Å². The molecule has 3 rings (SSSR count). The molecule has 3 aromatic carbocycles. The van der Waals surface area contributed by atoms with Crippen molar-refractivity contribution >= 4 is 40.9 Å². The van der Waals surface area contributed by atoms with Crippen LogP contribution < -0.4 is 19.5 Å². The molecule has 1 N–H and O–H groups in total. The smallest absolute Gasteiger partial charge is 0.266 e. The van der Waals surface area contributed by atoms with Crippen molar-refractivity contribution in [2.45, 2.75) is 13.5 Å². The molecule has 3 aromatic rings. The Kier molecular flexibility index (Phi) is 8.80. The Bertz CT molecular complexity index is 1230. The highest BCUT2D eigenvalue weighted by Gasteiger charge is 2.14. The predicted molar refractivity (Wildman–Crippen MR) is 134 cm³/mol. The van der Waals surface area contributed by atoms with Gasteiger partial charge in [0.25, 0.3) is 5.91 Å². The van der Waals surface area contributed by atoms with E-state index in [9.17, 15) is 10.1 Å². The number of hydrogen-bond acceptors (Lipinski definition) is 5. The molecule has 0 aromatic heterocycles. The number of nitrogens with one attached hydrogen (secondary N) is 1. The summed E-state index contributed by atoms with van der Waals surface area (Å²) < 4.78 is 16.6. The highest BCUT2D eigenvalue weighted by atomic mass is 35.5. The Morgan fingerprint density at radius 1 is 1.06 bits per heavy atom. The average molecular weight is 497 g/mol. The van der Waals surface area contributed by atoms with Gasteiger partial charge in [0.2, 0.25) is 0 Å². The Morgan fingerprint density at radius 2 is 1.79 bits per heavy atom. The van der Waals surface area contributed by atoms with Crippen LogP contribution in [0.1, 0.15) is 18.1 Å². The second-order valence-corrected chi connectivity index (χ2v) is 7.81. The van der Waals surface area contributed by atoms with Crippen LogP contribution in [0.25, 0.3) is 6.08 Å². The molecule has 0 saturated carbocycles. The molecule has 0 aliphatic rings. The molecule has 0 spiro atoms. The Balaban J connectivity index is 1.69. The maximum atomic E-state index is 12.7. The van der Waals surface area contributed by atoms with Crippen molar-refractivity contribution in [1.82, 2.24) is 0 Å². The van der Waals surface area contributed by atoms with Gasteiger partial charge in [0.1, 0.15) is 24.0 Å². The highest BCUT2D eigenvalue weighted by Crippen LogP contribution is 2.37. The van der Waals surface area contributed by atoms with E-state index in [2.05, 4.69) is 5.32 Å². The van der Waals surface area contributed by atoms with E-state index in [-0.39, 0.29) is 5.57 Å². The molecule has 1 amide bonds. The van der Waals surface area contributed by atoms with Gasteiger partial charge < -0.3 is 19.5 Å². The number of nitriles is 1. The first-order valence-corrected chi connectivity index (χ1v) is 11.1. The zero-order valence-electron chi connectivity index (χ0n) is 18.6. The molecule has 34 heavy (non-hydrogen) atoms. The van der Waals surface area contributed by atoms with Crippen molar-refractivity contribution in [1.29, 1.82) is 5.26 Å². The number of anilines is 1. The Hall–Kier alpha value is -3.66. The number of amides is 1. The molecule has 0 heterocycles. The maximum absolute atomic E-state index is 12.7. The van der Waals surface area contributed by atoms with Crippen molar-refractivity contribution in [3.8, 4) is 23.3 Å². The molecule has 174 valence electrons. The molecular formula is C26H22Cl2N2O4. The summed E-state index contributed by atoms with van der Waals surface area (Å²) in [5.41, 5.74) is 1.82. The second-order valence-electron chi connectivity index (χ2n) is 7.00. The summed E-state index contributed by atoms with van der Waals surface area (Å²) in [6.45, 7) is 2.56. The molecule has 0 saturated heterocycles. The summed E-state index contributed by atoms with van der Waals surface area (Å²) in [7, 11) is 1.49. The molecule has 8 heteroatoms. The number of benzene rings is 3. The molecule has 0 radical (unpaired) electrons. The highest BCUT2D eigenvalue weighted by molar-refractivity contribution is 6.32. The van der Waals surface area contributed by atoms with Crippen molar-refractivity contribution in [2.24, 2.45) is 0 Å². The third-order valence-electron chi connectivity index (χ3n) is 4.68. The topological polar surface area (TPSA) is 80.6 Å². The number of ether oxygens (including phenoxy) is 3. The summed E-state index contributed by atoms with van der Waals surface area (Å²) in [5, 5.41) is 13.2. The second kappa shape index (κ2) is 12.0. The largest absolute Gasteiger partial charge is 0.491 e. The van der Waals surface area contributed by atoms with Gasteiger partial charge in [0.15, 0.2) is 11.5 Å². The number of rotatable bonds is 9. The molecule has 0 atom stereocenters. The number of carbonyl (C=O) groups is 1. The number of hydrogen-bond donors (Lipinski definition) is 1. The van der Waals surface area contributed by atoms with Crippen LogP contribution in [0.3, 0.4) is 0 Å². The fourth-order valence-corrected chi connectivity index (χ4v) is 3.54. The van der Waals surface area contributed by atoms with E-state index in [1.165, 1.54) is 13.2 Å². The number of methoxy groups -OCH3 is 1. The molecule has 0 bridgehead atoms. The minimum atomic E-state index is -0.558. The van der Waals surface area contributed by atoms with Gasteiger partial charge in [-0.3, -0.25) is 4.79 Å². The van der Waals surface area contributed by atoms with Gasteiger partial charge >= 0.3 is 0 Å². The van der Waals surface area contributed by atoms with Gasteiger partial charge in [-0.1, -0.05) is 41.4 Å². The summed E-state index contributed by atoms with van der Waals surface area (Å²) in [5.74, 6) is 0.872. The van der Waals surface area contributed by atoms with Crippen molar-refractivity contribution in [3.63, 3.8) is 0 Å². The summed E-state index contributed by atoms with van der Waals surface area (Å²) in [6, 6.07) is 19.4. The zero-order chi connectivity index (χ0) is 24.5. The lowest BCUT2D eigenvalue weighted by Gasteiger charge is -2.12. The first kappa shape index (κ1) is 25.0. The molecular weight excluding hydrogens is 475 g/mol. The van der Waals surface area contributed by atoms with E-state index in [4.69, 9.17) is 37.4 Å². The summed E-state index contributed by atoms with van der Waals surface area (Å²) >= 11 is 12.4. The number of halogens is 2. The monoisotopic (exact) mass is 496 g/mol. The van der Waals surface area contributed by atoms with Crippen molar-refractivity contribution < 1.29 is 19.0 Å². The van der Waals surface area contributed by atoms with E-state index >= 15 is 0 Å². The SMILES string of the molecule is CCOc1cc(/C=C(\C#N)C(=O)Nc2ccc(OCc3ccccc3Cl)cc2)cc(Cl)c1OC. The molecule has 0 aliphatic heterocycles. The third-order valence-corrected chi connectivity index (χ3v) is 5.33. The Labute approximate surface area is 208 Å². The van der Waals surface area contributed by atoms with E-state index in [0.717, 1.165) is 5.56 Å². The summed E-state index contributed by atoms with van der Waals surface area (Å²) in [6.07, 6.45) is 1.43. The fourth-order valence-electron chi connectivity index (χ4n) is 3.06. The zero-order valence-corrected chi connectivity index (χ0v) is 20.1. The number of nitrogens with zero attached hydrogens (tertiary/aromatic N) is 1. The summed E-state index contributed by atoms with van der Waals surface area (Å²) in [4.78, 5) is 12.7. The predicted octanol–water partition coefficient (Wildman–Crippen LogP) is 6.53. The lowest BCUT2D eigenvalue weighted by atomic mass is 10.1. The van der Waals surface area contributed by atoms with E-state index < -0.39 is 5.91 Å². The van der Waals surface area contributed by atoms with Gasteiger partial charge in [-0.2, -0.15) is 5.26 Å². The minimum Gasteiger partial charge on any atom is -0.491 e. The van der Waals surface area contributed by atoms with Gasteiger partial charge in [-0.05, 0) is 61.0 Å². The minimum absolute atomic E-state index is 0.0947. The first-order valence-electron chi connectivity index (χ1n) is 10.3. The molecule has 6 nitrogen and oxygen atoms in total. The quantitative estimate of drug-likeness (QED) is 0.269. The lowest BCUT2D eigenvalue weighted by Crippen LogP contribution is -2.13. The van der Waals surface area contributed by atoms with Crippen molar-refractivity contribution in [3.05, 3.63) is 87.4 Å². The number of carbonyl (C=O) groups excluding carboxylic acids is 1. The van der Waals surface area contributed by atoms with Crippen LogP contribution in [0.15, 0.2) is 66.2 Å². The van der Waals surface area contributed by atoms with Crippen LogP contribution in [0, 0.1) is 11.3 Å². The van der Waals surface area contributed by atoms with Gasteiger partial charge in [-0.15, -0.1) is 0 Å². The fraction of sp³-hybridized carbons (Fsp3) is 0.154. The maximum Gasteiger partial charge on any atom is 0.266 e. The van der Waals surface area contributed by atoms with Crippen molar-refractivity contribution in [2.75, 3.05) is 19.0 Å². The van der Waals surface area contributed by atoms with Crippen LogP contribution in [0.5, 0.6) is 17.2 Å². The van der Waals surface area contributed by atoms with Crippen LogP contribution in [-0.2, 0) is 11.4 Å². The van der Waals surface area contributed by atoms with E-state index in [0.29, 0.717) is 51.8 Å². The molecule has 0 fully saturated rings. The van der Waals surface area contributed by atoms with Crippen LogP contribution in [0.4, 0.5) is 5.69 Å². The third kappa shape index (κ3) is 6.44. The van der Waals surface area contributed by atoms with Crippen LogP contribution in [0.2, 0.25) is 10.0 Å². The average Bonchev–Trinajstić information content (AvgIpc) is 2.83. The standard InChI is InChI=1S/C26H22Cl2N2O4/c1-3-33-24-14-17(13-23(28)25(24)32-2)12-19(15-29)26(31)30-20-8-10-21(11-9-20)34-16-18-6-4-5-7-22(18)27/h4-14H,3,16H2,1-2H3,(H,30,31)/b19-12+. The molecule has 0 unspecified atom stereocenters. The van der Waals surface area contributed by atoms with Gasteiger partial charge in [0.05, 0.1) is 18.7 Å². The normalized spacial score (nSPS) is 10.9. The van der Waals surface area contributed by atoms with E-state index in [1.54, 1.807) is 42.5 Å². The first-order chi connectivity index (χ1) is 16.4. The van der Waals surface area contributed by atoms with Crippen LogP contribution in [-0.4, -0.2) is 19.6 Å². The van der Waals surface area contributed by atoms with Gasteiger partial charge in [0, 0.05) is 16.3 Å². The van der Waals surface area contributed by atoms with Gasteiger partial charge in [-0.25, -0.2) is 0 Å². The van der Waals surface area contributed by atoms with Crippen LogP contribution >= 0.6 is 23.2 Å².